The van der Waals surface area contributed by atoms with Crippen molar-refractivity contribution in [1.29, 1.82) is 0 Å². The lowest BCUT2D eigenvalue weighted by Crippen LogP contribution is -2.21. The molecule has 0 bridgehead atoms. The molecule has 1 aromatic heterocycles. The first-order chi connectivity index (χ1) is 21.9. The standard InChI is InChI=1S/C34H38N4O8/c1-8-43-29-14-22(7)26(17-25(29)20(3)4)33-36-27-13-11-10-12-24(27)34(40)37(33)35-18-23-15-28(38(41)42)32(30(16-23)44-9-2)45-19-31(39)46-21(5)6/h10-18,20-21H,8-9,19H2,1-7H3. The monoisotopic (exact) mass is 630 g/mol. The van der Waals surface area contributed by atoms with E-state index >= 15 is 0 Å². The Labute approximate surface area is 266 Å². The number of nitrogens with zero attached hydrogens (tertiary/aromatic N) is 4. The molecular formula is C34H38N4O8. The largest absolute Gasteiger partial charge is 0.494 e. The maximum absolute atomic E-state index is 13.9. The van der Waals surface area contributed by atoms with Crippen LogP contribution in [0.1, 0.15) is 64.2 Å². The first-order valence-electron chi connectivity index (χ1n) is 15.1. The Morgan fingerprint density at radius 1 is 1.02 bits per heavy atom. The SMILES string of the molecule is CCOc1cc(C)c(-c2nc3ccccc3c(=O)n2N=Cc2cc(OCC)c(OCC(=O)OC(C)C)c([N+](=O)[O-])c2)cc1C(C)C. The molecule has 0 saturated heterocycles. The van der Waals surface area contributed by atoms with Gasteiger partial charge in [0.25, 0.3) is 5.56 Å². The molecule has 0 atom stereocenters. The van der Waals surface area contributed by atoms with E-state index in [4.69, 9.17) is 23.9 Å². The topological polar surface area (TPSA) is 144 Å². The van der Waals surface area contributed by atoms with Gasteiger partial charge in [0.2, 0.25) is 5.75 Å². The maximum Gasteiger partial charge on any atom is 0.344 e. The zero-order valence-electron chi connectivity index (χ0n) is 27.0. The molecule has 0 aliphatic rings. The molecule has 0 unspecified atom stereocenters. The van der Waals surface area contributed by atoms with Gasteiger partial charge in [0.05, 0.1) is 41.4 Å². The highest BCUT2D eigenvalue weighted by Gasteiger charge is 2.24. The Hall–Kier alpha value is -5.26. The number of esters is 1. The summed E-state index contributed by atoms with van der Waals surface area (Å²) in [5.41, 5.74) is 2.35. The van der Waals surface area contributed by atoms with E-state index in [9.17, 15) is 19.7 Å². The van der Waals surface area contributed by atoms with Crippen molar-refractivity contribution in [2.75, 3.05) is 19.8 Å². The van der Waals surface area contributed by atoms with Crippen LogP contribution in [-0.2, 0) is 9.53 Å². The van der Waals surface area contributed by atoms with Crippen LogP contribution in [0.15, 0.2) is 58.4 Å². The Morgan fingerprint density at radius 3 is 2.37 bits per heavy atom. The highest BCUT2D eigenvalue weighted by atomic mass is 16.6. The second-order valence-electron chi connectivity index (χ2n) is 11.0. The maximum atomic E-state index is 13.9. The number of carbonyl (C=O) groups excluding carboxylic acids is 1. The van der Waals surface area contributed by atoms with Gasteiger partial charge in [0.15, 0.2) is 18.2 Å². The number of hydrogen-bond donors (Lipinski definition) is 0. The summed E-state index contributed by atoms with van der Waals surface area (Å²) in [6.07, 6.45) is 0.943. The number of ether oxygens (including phenoxy) is 4. The number of aromatic nitrogens is 2. The molecule has 46 heavy (non-hydrogen) atoms. The van der Waals surface area contributed by atoms with E-state index in [0.29, 0.717) is 28.9 Å². The van der Waals surface area contributed by atoms with Crippen molar-refractivity contribution in [3.8, 4) is 28.6 Å². The van der Waals surface area contributed by atoms with Crippen LogP contribution in [0.4, 0.5) is 5.69 Å². The Balaban J connectivity index is 1.88. The van der Waals surface area contributed by atoms with Crippen molar-refractivity contribution >= 4 is 28.8 Å². The van der Waals surface area contributed by atoms with E-state index in [1.165, 1.54) is 23.0 Å². The normalized spacial score (nSPS) is 11.4. The van der Waals surface area contributed by atoms with Crippen LogP contribution in [-0.4, -0.2) is 52.7 Å². The summed E-state index contributed by atoms with van der Waals surface area (Å²) in [5.74, 6) is 0.302. The lowest BCUT2D eigenvalue weighted by atomic mass is 9.96. The molecule has 0 amide bonds. The summed E-state index contributed by atoms with van der Waals surface area (Å²) in [7, 11) is 0. The van der Waals surface area contributed by atoms with Gasteiger partial charge in [-0.1, -0.05) is 26.0 Å². The molecule has 12 heteroatoms. The Morgan fingerprint density at radius 2 is 1.72 bits per heavy atom. The van der Waals surface area contributed by atoms with Crippen LogP contribution in [0, 0.1) is 17.0 Å². The predicted octanol–water partition coefficient (Wildman–Crippen LogP) is 6.41. The minimum Gasteiger partial charge on any atom is -0.494 e. The molecule has 0 spiro atoms. The molecule has 0 saturated carbocycles. The van der Waals surface area contributed by atoms with E-state index < -0.39 is 28.7 Å². The van der Waals surface area contributed by atoms with Crippen molar-refractivity contribution < 1.29 is 28.7 Å². The molecule has 0 aliphatic heterocycles. The molecule has 0 N–H and O–H groups in total. The van der Waals surface area contributed by atoms with Gasteiger partial charge in [-0.15, -0.1) is 0 Å². The molecule has 4 rings (SSSR count). The van der Waals surface area contributed by atoms with Crippen molar-refractivity contribution in [3.63, 3.8) is 0 Å². The van der Waals surface area contributed by atoms with Crippen LogP contribution in [0.3, 0.4) is 0 Å². The molecule has 0 radical (unpaired) electrons. The second kappa shape index (κ2) is 14.7. The van der Waals surface area contributed by atoms with Crippen molar-refractivity contribution in [3.05, 3.63) is 85.7 Å². The second-order valence-corrected chi connectivity index (χ2v) is 11.0. The summed E-state index contributed by atoms with van der Waals surface area (Å²) in [5, 5.41) is 17.0. The van der Waals surface area contributed by atoms with Gasteiger partial charge < -0.3 is 18.9 Å². The number of carbonyl (C=O) groups is 1. The van der Waals surface area contributed by atoms with Crippen LogP contribution in [0.5, 0.6) is 17.2 Å². The molecule has 242 valence electrons. The number of fused-ring (bicyclic) bond motifs is 1. The van der Waals surface area contributed by atoms with Crippen LogP contribution in [0.2, 0.25) is 0 Å². The zero-order chi connectivity index (χ0) is 33.5. The van der Waals surface area contributed by atoms with Crippen molar-refractivity contribution in [1.82, 2.24) is 9.66 Å². The van der Waals surface area contributed by atoms with Gasteiger partial charge in [-0.3, -0.25) is 14.9 Å². The first-order valence-corrected chi connectivity index (χ1v) is 15.1. The number of benzene rings is 3. The summed E-state index contributed by atoms with van der Waals surface area (Å²) in [6, 6.07) is 13.6. The lowest BCUT2D eigenvalue weighted by Gasteiger charge is -2.18. The van der Waals surface area contributed by atoms with E-state index in [-0.39, 0.29) is 35.7 Å². The van der Waals surface area contributed by atoms with Gasteiger partial charge in [-0.05, 0) is 82.0 Å². The minimum absolute atomic E-state index is 0.0311. The zero-order valence-corrected chi connectivity index (χ0v) is 27.0. The highest BCUT2D eigenvalue weighted by Crippen LogP contribution is 2.39. The number of hydrogen-bond acceptors (Lipinski definition) is 10. The number of rotatable bonds is 13. The van der Waals surface area contributed by atoms with E-state index in [0.717, 1.165) is 16.9 Å². The number of para-hydroxylation sites is 1. The van der Waals surface area contributed by atoms with E-state index in [1.54, 1.807) is 45.0 Å². The Bertz CT molecular complexity index is 1850. The number of aryl methyl sites for hydroxylation is 1. The molecular weight excluding hydrogens is 592 g/mol. The molecule has 3 aromatic carbocycles. The van der Waals surface area contributed by atoms with Gasteiger partial charge >= 0.3 is 11.7 Å². The van der Waals surface area contributed by atoms with Gasteiger partial charge in [0.1, 0.15) is 5.75 Å². The van der Waals surface area contributed by atoms with E-state index in [1.807, 2.05) is 26.0 Å². The van der Waals surface area contributed by atoms with Gasteiger partial charge in [0, 0.05) is 17.2 Å². The van der Waals surface area contributed by atoms with Crippen LogP contribution < -0.4 is 19.8 Å². The fourth-order valence-electron chi connectivity index (χ4n) is 4.85. The lowest BCUT2D eigenvalue weighted by molar-refractivity contribution is -0.385. The highest BCUT2D eigenvalue weighted by molar-refractivity contribution is 5.85. The quantitative estimate of drug-likeness (QED) is 0.0708. The summed E-state index contributed by atoms with van der Waals surface area (Å²) in [6.45, 7) is 13.1. The van der Waals surface area contributed by atoms with Crippen molar-refractivity contribution in [2.45, 2.75) is 60.5 Å². The molecule has 12 nitrogen and oxygen atoms in total. The van der Waals surface area contributed by atoms with Gasteiger partial charge in [-0.2, -0.15) is 9.78 Å². The summed E-state index contributed by atoms with van der Waals surface area (Å²) in [4.78, 5) is 42.2. The smallest absolute Gasteiger partial charge is 0.344 e. The van der Waals surface area contributed by atoms with E-state index in [2.05, 4.69) is 18.9 Å². The van der Waals surface area contributed by atoms with Crippen molar-refractivity contribution in [2.24, 2.45) is 5.10 Å². The molecule has 0 aliphatic carbocycles. The van der Waals surface area contributed by atoms with Crippen LogP contribution in [0.25, 0.3) is 22.3 Å². The third-order valence-electron chi connectivity index (χ3n) is 6.85. The predicted molar refractivity (Wildman–Crippen MR) is 175 cm³/mol. The minimum atomic E-state index is -0.682. The number of nitro groups is 1. The average molecular weight is 631 g/mol. The third-order valence-corrected chi connectivity index (χ3v) is 6.85. The fraction of sp³-hybridized carbons (Fsp3) is 0.353. The first kappa shape index (κ1) is 33.6. The molecule has 1 heterocycles. The fourth-order valence-corrected chi connectivity index (χ4v) is 4.85. The van der Waals surface area contributed by atoms with Gasteiger partial charge in [-0.25, -0.2) is 9.78 Å². The average Bonchev–Trinajstić information content (AvgIpc) is 2.99. The number of nitro benzene ring substituents is 1. The Kier molecular flexibility index (Phi) is 10.7. The third kappa shape index (κ3) is 7.51. The summed E-state index contributed by atoms with van der Waals surface area (Å²) >= 11 is 0. The molecule has 0 fully saturated rings. The molecule has 4 aromatic rings. The van der Waals surface area contributed by atoms with Crippen LogP contribution >= 0.6 is 0 Å². The summed E-state index contributed by atoms with van der Waals surface area (Å²) < 4.78 is 23.3.